The molecule has 1 heterocycles. The van der Waals surface area contributed by atoms with E-state index >= 15 is 0 Å². The van der Waals surface area contributed by atoms with Crippen LogP contribution in [0.2, 0.25) is 0 Å². The minimum absolute atomic E-state index is 0.334. The molecule has 1 unspecified atom stereocenters. The molecule has 1 aliphatic heterocycles. The molecule has 0 aromatic carbocycles. The van der Waals surface area contributed by atoms with E-state index in [1.54, 1.807) is 0 Å². The van der Waals surface area contributed by atoms with Crippen molar-refractivity contribution in [1.82, 2.24) is 5.32 Å². The molecule has 0 radical (unpaired) electrons. The van der Waals surface area contributed by atoms with Crippen LogP contribution in [0.5, 0.6) is 0 Å². The van der Waals surface area contributed by atoms with E-state index in [-0.39, 0.29) is 0 Å². The zero-order valence-electron chi connectivity index (χ0n) is 8.55. The van der Waals surface area contributed by atoms with Gasteiger partial charge in [0.15, 0.2) is 6.29 Å². The fourth-order valence-corrected chi connectivity index (χ4v) is 1.36. The molecule has 84 valence electrons. The largest absolute Gasteiger partial charge is 0.387 e. The molecule has 5 atom stereocenters. The van der Waals surface area contributed by atoms with Gasteiger partial charge in [0.05, 0.1) is 0 Å². The van der Waals surface area contributed by atoms with Crippen LogP contribution in [-0.2, 0) is 4.74 Å². The maximum Gasteiger partial charge on any atom is 0.184 e. The van der Waals surface area contributed by atoms with Crippen LogP contribution in [0.1, 0.15) is 20.3 Å². The minimum Gasteiger partial charge on any atom is -0.387 e. The van der Waals surface area contributed by atoms with Crippen LogP contribution in [0.25, 0.3) is 0 Å². The fraction of sp³-hybridized carbons (Fsp3) is 1.00. The average Bonchev–Trinajstić information content (AvgIpc) is 2.42. The van der Waals surface area contributed by atoms with Crippen molar-refractivity contribution in [2.75, 3.05) is 6.54 Å². The van der Waals surface area contributed by atoms with Crippen molar-refractivity contribution in [3.8, 4) is 0 Å². The van der Waals surface area contributed by atoms with Gasteiger partial charge in [-0.15, -0.1) is 0 Å². The third kappa shape index (κ3) is 2.65. The van der Waals surface area contributed by atoms with Gasteiger partial charge < -0.3 is 25.4 Å². The molecule has 1 rings (SSSR count). The highest BCUT2D eigenvalue weighted by atomic mass is 16.6. The summed E-state index contributed by atoms with van der Waals surface area (Å²) < 4.78 is 4.97. The summed E-state index contributed by atoms with van der Waals surface area (Å²) in [5, 5.41) is 30.9. The van der Waals surface area contributed by atoms with Gasteiger partial charge in [-0.2, -0.15) is 0 Å². The quantitative estimate of drug-likeness (QED) is 0.464. The number of aliphatic hydroxyl groups excluding tert-OH is 3. The van der Waals surface area contributed by atoms with E-state index in [0.717, 1.165) is 6.42 Å². The van der Waals surface area contributed by atoms with E-state index in [4.69, 9.17) is 9.84 Å². The second-order valence-electron chi connectivity index (χ2n) is 3.76. The van der Waals surface area contributed by atoms with Crippen LogP contribution in [0, 0.1) is 0 Å². The summed E-state index contributed by atoms with van der Waals surface area (Å²) in [5.41, 5.74) is 0. The number of rotatable bonds is 4. The molecule has 0 saturated carbocycles. The highest BCUT2D eigenvalue weighted by Crippen LogP contribution is 2.18. The lowest BCUT2D eigenvalue weighted by atomic mass is 10.1. The predicted molar refractivity (Wildman–Crippen MR) is 50.6 cm³/mol. The van der Waals surface area contributed by atoms with E-state index < -0.39 is 24.6 Å². The molecule has 0 aromatic heterocycles. The third-order valence-corrected chi connectivity index (χ3v) is 2.62. The zero-order chi connectivity index (χ0) is 10.7. The zero-order valence-corrected chi connectivity index (χ0v) is 8.55. The van der Waals surface area contributed by atoms with E-state index in [2.05, 4.69) is 5.32 Å². The molecule has 1 fully saturated rings. The molecule has 14 heavy (non-hydrogen) atoms. The first-order valence-corrected chi connectivity index (χ1v) is 4.99. The molecule has 0 spiro atoms. The summed E-state index contributed by atoms with van der Waals surface area (Å²) in [6.07, 6.45) is -3.03. The van der Waals surface area contributed by atoms with Crippen LogP contribution >= 0.6 is 0 Å². The Morgan fingerprint density at radius 1 is 1.29 bits per heavy atom. The van der Waals surface area contributed by atoms with Crippen LogP contribution in [0.3, 0.4) is 0 Å². The number of hydrogen-bond donors (Lipinski definition) is 4. The Kier molecular flexibility index (Phi) is 4.28. The van der Waals surface area contributed by atoms with Crippen molar-refractivity contribution in [3.63, 3.8) is 0 Å². The number of ether oxygens (including phenoxy) is 1. The molecule has 0 aromatic rings. The van der Waals surface area contributed by atoms with Gasteiger partial charge in [-0.25, -0.2) is 0 Å². The fourth-order valence-electron chi connectivity index (χ4n) is 1.36. The summed E-state index contributed by atoms with van der Waals surface area (Å²) in [5.74, 6) is 0. The Bertz CT molecular complexity index is 178. The molecular weight excluding hydrogens is 186 g/mol. The molecule has 4 N–H and O–H groups in total. The van der Waals surface area contributed by atoms with Crippen LogP contribution in [0.15, 0.2) is 0 Å². The van der Waals surface area contributed by atoms with E-state index in [1.165, 1.54) is 0 Å². The van der Waals surface area contributed by atoms with Gasteiger partial charge in [0.2, 0.25) is 0 Å². The molecule has 5 heteroatoms. The minimum atomic E-state index is -1.27. The predicted octanol–water partition coefficient (Wildman–Crippen LogP) is -1.19. The average molecular weight is 205 g/mol. The Labute approximate surface area is 83.7 Å². The van der Waals surface area contributed by atoms with Gasteiger partial charge in [-0.05, 0) is 13.3 Å². The second kappa shape index (κ2) is 5.04. The first-order chi connectivity index (χ1) is 6.56. The van der Waals surface area contributed by atoms with E-state index in [1.807, 2.05) is 13.8 Å². The monoisotopic (exact) mass is 205 g/mol. The Balaban J connectivity index is 2.32. The molecule has 5 nitrogen and oxygen atoms in total. The van der Waals surface area contributed by atoms with E-state index in [9.17, 15) is 10.2 Å². The lowest BCUT2D eigenvalue weighted by molar-refractivity contribution is -0.126. The number of nitrogens with one attached hydrogen (secondary N) is 1. The maximum absolute atomic E-state index is 9.44. The van der Waals surface area contributed by atoms with Gasteiger partial charge >= 0.3 is 0 Å². The van der Waals surface area contributed by atoms with Gasteiger partial charge in [0, 0.05) is 12.6 Å². The second-order valence-corrected chi connectivity index (χ2v) is 3.76. The summed E-state index contributed by atoms with van der Waals surface area (Å²) in [6, 6.07) is 0.334. The first kappa shape index (κ1) is 11.9. The Morgan fingerprint density at radius 3 is 2.36 bits per heavy atom. The summed E-state index contributed by atoms with van der Waals surface area (Å²) in [7, 11) is 0. The molecule has 0 aliphatic carbocycles. The van der Waals surface area contributed by atoms with Crippen molar-refractivity contribution in [1.29, 1.82) is 0 Å². The van der Waals surface area contributed by atoms with Crippen LogP contribution in [0.4, 0.5) is 0 Å². The standard InChI is InChI=1S/C9H19NO4/c1-3-5(2)10-4-6-7(11)8(12)9(13)14-6/h5-13H,3-4H2,1-2H3/t5?,6-,7-,8-,9-/m1/s1. The van der Waals surface area contributed by atoms with Gasteiger partial charge in [-0.3, -0.25) is 0 Å². The molecule has 1 aliphatic rings. The SMILES string of the molecule is CCC(C)NC[C@H]1O[C@@H](O)[C@H](O)[C@@H]1O. The van der Waals surface area contributed by atoms with Crippen LogP contribution in [-0.4, -0.2) is 52.5 Å². The molecule has 1 saturated heterocycles. The highest BCUT2D eigenvalue weighted by Gasteiger charge is 2.41. The highest BCUT2D eigenvalue weighted by molar-refractivity contribution is 4.87. The summed E-state index contributed by atoms with van der Waals surface area (Å²) >= 11 is 0. The van der Waals surface area contributed by atoms with Gasteiger partial charge in [0.25, 0.3) is 0 Å². The number of hydrogen-bond acceptors (Lipinski definition) is 5. The third-order valence-electron chi connectivity index (χ3n) is 2.62. The summed E-state index contributed by atoms with van der Waals surface area (Å²) in [6.45, 7) is 4.51. The topological polar surface area (TPSA) is 82.0 Å². The maximum atomic E-state index is 9.44. The van der Waals surface area contributed by atoms with Gasteiger partial charge in [0.1, 0.15) is 18.3 Å². The van der Waals surface area contributed by atoms with E-state index in [0.29, 0.717) is 12.6 Å². The first-order valence-electron chi connectivity index (χ1n) is 4.99. The van der Waals surface area contributed by atoms with Crippen molar-refractivity contribution >= 4 is 0 Å². The lowest BCUT2D eigenvalue weighted by Gasteiger charge is -2.17. The van der Waals surface area contributed by atoms with Crippen molar-refractivity contribution in [2.24, 2.45) is 0 Å². The molecule has 0 amide bonds. The lowest BCUT2D eigenvalue weighted by Crippen LogP contribution is -2.40. The smallest absolute Gasteiger partial charge is 0.184 e. The Hall–Kier alpha value is -0.200. The van der Waals surface area contributed by atoms with Gasteiger partial charge in [-0.1, -0.05) is 6.92 Å². The van der Waals surface area contributed by atoms with Crippen molar-refractivity contribution in [2.45, 2.75) is 50.9 Å². The summed E-state index contributed by atoms with van der Waals surface area (Å²) in [4.78, 5) is 0. The molecular formula is C9H19NO4. The van der Waals surface area contributed by atoms with Crippen LogP contribution < -0.4 is 5.32 Å². The number of aliphatic hydroxyl groups is 3. The van der Waals surface area contributed by atoms with Crippen molar-refractivity contribution in [3.05, 3.63) is 0 Å². The Morgan fingerprint density at radius 2 is 1.93 bits per heavy atom. The van der Waals surface area contributed by atoms with Crippen molar-refractivity contribution < 1.29 is 20.1 Å². The molecule has 0 bridgehead atoms. The normalized spacial score (nSPS) is 40.1.